The molecule has 34 heavy (non-hydrogen) atoms. The summed E-state index contributed by atoms with van der Waals surface area (Å²) < 4.78 is 55.7. The normalized spacial score (nSPS) is 17.4. The second kappa shape index (κ2) is 12.8. The van der Waals surface area contributed by atoms with Crippen molar-refractivity contribution in [2.24, 2.45) is 0 Å². The number of aliphatic hydroxyl groups is 1. The van der Waals surface area contributed by atoms with E-state index in [1.807, 2.05) is 12.1 Å². The Morgan fingerprint density at radius 2 is 1.74 bits per heavy atom. The number of likely N-dealkylation sites (tertiary alicyclic amines) is 1. The molecule has 0 bridgehead atoms. The molecule has 2 unspecified atom stereocenters. The molecule has 190 valence electrons. The molecule has 2 aromatic rings. The van der Waals surface area contributed by atoms with E-state index < -0.39 is 25.2 Å². The van der Waals surface area contributed by atoms with Crippen molar-refractivity contribution in [2.45, 2.75) is 18.6 Å². The van der Waals surface area contributed by atoms with Gasteiger partial charge in [0.1, 0.15) is 30.3 Å². The summed E-state index contributed by atoms with van der Waals surface area (Å²) in [7, 11) is -2.11. The predicted molar refractivity (Wildman–Crippen MR) is 134 cm³/mol. The molecular weight excluding hydrogens is 527 g/mol. The molecule has 0 spiro atoms. The van der Waals surface area contributed by atoms with Crippen molar-refractivity contribution in [1.82, 2.24) is 4.90 Å². The highest BCUT2D eigenvalue weighted by molar-refractivity contribution is 8.13. The molecule has 2 aromatic carbocycles. The van der Waals surface area contributed by atoms with E-state index in [1.54, 1.807) is 36.4 Å². The Hall–Kier alpha value is -1.76. The topological polar surface area (TPSA) is 122 Å². The molecule has 13 heteroatoms. The minimum Gasteiger partial charge on any atom is -0.489 e. The van der Waals surface area contributed by atoms with Gasteiger partial charge in [0.2, 0.25) is 19.1 Å². The molecule has 1 heterocycles. The molecule has 1 aliphatic rings. The van der Waals surface area contributed by atoms with Crippen molar-refractivity contribution in [2.75, 3.05) is 43.5 Å². The van der Waals surface area contributed by atoms with Crippen LogP contribution in [0.4, 0.5) is 5.69 Å². The summed E-state index contributed by atoms with van der Waals surface area (Å²) in [6.45, 7) is 2.04. The second-order valence-corrected chi connectivity index (χ2v) is 13.0. The first-order valence-electron chi connectivity index (χ1n) is 10.2. The Bertz CT molecular complexity index is 1120. The number of aliphatic hydroxyl groups excluding tert-OH is 1. The Balaban J connectivity index is 0.000000739. The molecule has 2 N–H and O–H groups in total. The Morgan fingerprint density at radius 3 is 2.35 bits per heavy atom. The fraction of sp³-hybridized carbons (Fsp3) is 0.429. The molecule has 0 amide bonds. The van der Waals surface area contributed by atoms with Crippen molar-refractivity contribution in [3.8, 4) is 11.5 Å². The van der Waals surface area contributed by atoms with E-state index in [9.17, 15) is 21.9 Å². The van der Waals surface area contributed by atoms with Gasteiger partial charge in [0, 0.05) is 35.3 Å². The molecule has 0 saturated carbocycles. The number of anilines is 1. The van der Waals surface area contributed by atoms with Gasteiger partial charge < -0.3 is 14.6 Å². The van der Waals surface area contributed by atoms with Gasteiger partial charge >= 0.3 is 0 Å². The number of hydrogen-bond donors (Lipinski definition) is 2. The van der Waals surface area contributed by atoms with Crippen molar-refractivity contribution in [3.05, 3.63) is 53.6 Å². The van der Waals surface area contributed by atoms with Crippen LogP contribution in [0.5, 0.6) is 11.5 Å². The fourth-order valence-electron chi connectivity index (χ4n) is 3.18. The van der Waals surface area contributed by atoms with Crippen molar-refractivity contribution >= 4 is 47.0 Å². The first-order chi connectivity index (χ1) is 15.8. The Labute approximate surface area is 210 Å². The monoisotopic (exact) mass is 554 g/mol. The van der Waals surface area contributed by atoms with E-state index in [2.05, 4.69) is 20.3 Å². The lowest BCUT2D eigenvalue weighted by Crippen LogP contribution is -2.35. The average molecular weight is 556 g/mol. The second-order valence-electron chi connectivity index (χ2n) is 7.76. The molecule has 9 nitrogen and oxygen atoms in total. The highest BCUT2D eigenvalue weighted by Crippen LogP contribution is 2.25. The van der Waals surface area contributed by atoms with Crippen molar-refractivity contribution < 1.29 is 31.4 Å². The first kappa shape index (κ1) is 28.5. The summed E-state index contributed by atoms with van der Waals surface area (Å²) >= 11 is 5.89. The smallest absolute Gasteiger partial charge is 0.229 e. The highest BCUT2D eigenvalue weighted by atomic mass is 35.7. The molecule has 1 fully saturated rings. The summed E-state index contributed by atoms with van der Waals surface area (Å²) in [5.74, 6) is 1.16. The highest BCUT2D eigenvalue weighted by Gasteiger charge is 2.26. The van der Waals surface area contributed by atoms with E-state index in [0.29, 0.717) is 29.5 Å². The lowest BCUT2D eigenvalue weighted by molar-refractivity contribution is 0.0723. The first-order valence-corrected chi connectivity index (χ1v) is 15.2. The minimum atomic E-state index is -3.41. The van der Waals surface area contributed by atoms with Crippen LogP contribution in [0.1, 0.15) is 6.42 Å². The lowest BCUT2D eigenvalue weighted by atomic mass is 10.3. The molecule has 0 radical (unpaired) electrons. The van der Waals surface area contributed by atoms with Crippen LogP contribution in [0.2, 0.25) is 5.02 Å². The molecule has 2 atom stereocenters. The standard InChI is InChI=1S/C20H25ClN2O5S.CH3ClO2S/c1-29(25,26)22-19-4-2-3-5-20(19)27-14-16(24)12-23-11-10-18(13-23)28-17-8-6-15(21)7-9-17;1-5(2,3)4/h2-9,16,18,22,24H,10-14H2,1H3;1H3. The third-order valence-corrected chi connectivity index (χ3v) is 5.27. The van der Waals surface area contributed by atoms with Gasteiger partial charge in [-0.15, -0.1) is 0 Å². The van der Waals surface area contributed by atoms with Gasteiger partial charge in [-0.25, -0.2) is 16.8 Å². The van der Waals surface area contributed by atoms with E-state index in [1.165, 1.54) is 0 Å². The number of nitrogens with one attached hydrogen (secondary N) is 1. The number of rotatable bonds is 9. The third-order valence-electron chi connectivity index (χ3n) is 4.43. The molecule has 3 rings (SSSR count). The van der Waals surface area contributed by atoms with Crippen LogP contribution >= 0.6 is 22.3 Å². The third kappa shape index (κ3) is 12.1. The van der Waals surface area contributed by atoms with Gasteiger partial charge in [-0.3, -0.25) is 9.62 Å². The zero-order valence-corrected chi connectivity index (χ0v) is 21.9. The number of sulfonamides is 1. The van der Waals surface area contributed by atoms with Crippen LogP contribution in [0.3, 0.4) is 0 Å². The van der Waals surface area contributed by atoms with Crippen LogP contribution in [0.15, 0.2) is 48.5 Å². The van der Waals surface area contributed by atoms with Gasteiger partial charge in [0.05, 0.1) is 18.2 Å². The number of β-amino-alcohol motifs (C(OH)–C–C–N with tert-alkyl or cyclic N) is 1. The molecule has 0 aliphatic carbocycles. The lowest BCUT2D eigenvalue weighted by Gasteiger charge is -2.21. The van der Waals surface area contributed by atoms with E-state index in [4.69, 9.17) is 21.1 Å². The number of ether oxygens (including phenoxy) is 2. The maximum absolute atomic E-state index is 11.5. The van der Waals surface area contributed by atoms with E-state index in [-0.39, 0.29) is 12.7 Å². The van der Waals surface area contributed by atoms with Crippen LogP contribution in [0.25, 0.3) is 0 Å². The number of halogens is 2. The van der Waals surface area contributed by atoms with Gasteiger partial charge in [0.25, 0.3) is 0 Å². The maximum atomic E-state index is 11.5. The molecule has 1 aliphatic heterocycles. The summed E-state index contributed by atoms with van der Waals surface area (Å²) in [4.78, 5) is 2.12. The Kier molecular flexibility index (Phi) is 10.7. The van der Waals surface area contributed by atoms with Crippen molar-refractivity contribution in [1.29, 1.82) is 0 Å². The van der Waals surface area contributed by atoms with Crippen LogP contribution < -0.4 is 14.2 Å². The van der Waals surface area contributed by atoms with Gasteiger partial charge in [0.15, 0.2) is 0 Å². The van der Waals surface area contributed by atoms with Crippen molar-refractivity contribution in [3.63, 3.8) is 0 Å². The largest absolute Gasteiger partial charge is 0.489 e. The number of hydrogen-bond acceptors (Lipinski definition) is 8. The van der Waals surface area contributed by atoms with Crippen LogP contribution in [-0.4, -0.2) is 77.8 Å². The Morgan fingerprint density at radius 1 is 1.12 bits per heavy atom. The zero-order chi connectivity index (χ0) is 25.4. The molecule has 0 aromatic heterocycles. The summed E-state index contributed by atoms with van der Waals surface area (Å²) in [6, 6.07) is 14.0. The van der Waals surface area contributed by atoms with Crippen LogP contribution in [0, 0.1) is 0 Å². The zero-order valence-electron chi connectivity index (χ0n) is 18.7. The van der Waals surface area contributed by atoms with Gasteiger partial charge in [-0.2, -0.15) is 0 Å². The number of para-hydroxylation sites is 2. The predicted octanol–water partition coefficient (Wildman–Crippen LogP) is 2.79. The molecule has 1 saturated heterocycles. The number of benzene rings is 2. The summed E-state index contributed by atoms with van der Waals surface area (Å²) in [5, 5.41) is 11.0. The van der Waals surface area contributed by atoms with Gasteiger partial charge in [-0.05, 0) is 42.8 Å². The quantitative estimate of drug-likeness (QED) is 0.453. The average Bonchev–Trinajstić information content (AvgIpc) is 3.13. The van der Waals surface area contributed by atoms with E-state index >= 15 is 0 Å². The maximum Gasteiger partial charge on any atom is 0.229 e. The van der Waals surface area contributed by atoms with E-state index in [0.717, 1.165) is 31.2 Å². The van der Waals surface area contributed by atoms with Crippen LogP contribution in [-0.2, 0) is 19.1 Å². The van der Waals surface area contributed by atoms with Gasteiger partial charge in [-0.1, -0.05) is 23.7 Å². The SMILES string of the molecule is CS(=O)(=O)Cl.CS(=O)(=O)Nc1ccccc1OCC(O)CN1CCC(Oc2ccc(Cl)cc2)C1. The summed E-state index contributed by atoms with van der Waals surface area (Å²) in [6.07, 6.45) is 2.22. The molecular formula is C21H28Cl2N2O7S2. The fourth-order valence-corrected chi connectivity index (χ4v) is 3.87. The minimum absolute atomic E-state index is 0.0572. The number of nitrogens with zero attached hydrogens (tertiary/aromatic N) is 1. The summed E-state index contributed by atoms with van der Waals surface area (Å²) in [5.41, 5.74) is 0.347.